The summed E-state index contributed by atoms with van der Waals surface area (Å²) in [6.07, 6.45) is 0.872. The Morgan fingerprint density at radius 3 is 2.55 bits per heavy atom. The number of thiazole rings is 1. The van der Waals surface area contributed by atoms with Crippen molar-refractivity contribution in [3.63, 3.8) is 0 Å². The summed E-state index contributed by atoms with van der Waals surface area (Å²) < 4.78 is 1.23. The summed E-state index contributed by atoms with van der Waals surface area (Å²) in [5.41, 5.74) is 8.22. The number of benzene rings is 2. The Hall–Kier alpha value is -1.42. The number of aromatic nitrogens is 1. The zero-order chi connectivity index (χ0) is 13.9. The van der Waals surface area contributed by atoms with Gasteiger partial charge >= 0.3 is 0 Å². The molecule has 0 aliphatic carbocycles. The molecule has 0 spiro atoms. The smallest absolute Gasteiger partial charge is 0.0945 e. The van der Waals surface area contributed by atoms with Gasteiger partial charge in [-0.05, 0) is 36.4 Å². The van der Waals surface area contributed by atoms with Gasteiger partial charge < -0.3 is 5.73 Å². The van der Waals surface area contributed by atoms with Crippen molar-refractivity contribution in [3.05, 3.63) is 64.1 Å². The standard InChI is InChI=1S/C16H15ClN2S/c17-13-7-5-11(6-8-13)12(10-18)9-16-19-14-3-1-2-4-15(14)20-16/h1-8,12H,9-10,18H2. The third-order valence-electron chi connectivity index (χ3n) is 3.39. The van der Waals surface area contributed by atoms with Crippen LogP contribution in [0.15, 0.2) is 48.5 Å². The third kappa shape index (κ3) is 2.85. The number of rotatable bonds is 4. The number of para-hydroxylation sites is 1. The highest BCUT2D eigenvalue weighted by atomic mass is 35.5. The highest BCUT2D eigenvalue weighted by Crippen LogP contribution is 2.27. The molecule has 2 aromatic carbocycles. The van der Waals surface area contributed by atoms with Crippen LogP contribution in [0.2, 0.25) is 5.02 Å². The molecule has 0 fully saturated rings. The van der Waals surface area contributed by atoms with Crippen molar-refractivity contribution < 1.29 is 0 Å². The fraction of sp³-hybridized carbons (Fsp3) is 0.188. The number of nitrogens with zero attached hydrogens (tertiary/aromatic N) is 1. The summed E-state index contributed by atoms with van der Waals surface area (Å²) in [6, 6.07) is 16.1. The van der Waals surface area contributed by atoms with E-state index in [9.17, 15) is 0 Å². The van der Waals surface area contributed by atoms with E-state index in [2.05, 4.69) is 17.1 Å². The predicted octanol–water partition coefficient (Wildman–Crippen LogP) is 4.23. The van der Waals surface area contributed by atoms with Gasteiger partial charge in [-0.3, -0.25) is 0 Å². The second-order valence-corrected chi connectivity index (χ2v) is 6.32. The minimum Gasteiger partial charge on any atom is -0.330 e. The SMILES string of the molecule is NCC(Cc1nc2ccccc2s1)c1ccc(Cl)cc1. The quantitative estimate of drug-likeness (QED) is 0.783. The molecule has 0 saturated carbocycles. The second kappa shape index (κ2) is 5.92. The van der Waals surface area contributed by atoms with Crippen LogP contribution in [-0.4, -0.2) is 11.5 Å². The first-order valence-corrected chi connectivity index (χ1v) is 7.75. The van der Waals surface area contributed by atoms with Gasteiger partial charge in [0.2, 0.25) is 0 Å². The van der Waals surface area contributed by atoms with Gasteiger partial charge in [0.25, 0.3) is 0 Å². The summed E-state index contributed by atoms with van der Waals surface area (Å²) in [5.74, 6) is 0.285. The highest BCUT2D eigenvalue weighted by Gasteiger charge is 2.13. The van der Waals surface area contributed by atoms with Gasteiger partial charge in [-0.25, -0.2) is 4.98 Å². The Morgan fingerprint density at radius 1 is 1.10 bits per heavy atom. The summed E-state index contributed by atoms with van der Waals surface area (Å²) in [6.45, 7) is 0.609. The number of nitrogens with two attached hydrogens (primary N) is 1. The van der Waals surface area contributed by atoms with Crippen molar-refractivity contribution in [2.75, 3.05) is 6.54 Å². The van der Waals surface area contributed by atoms with Crippen molar-refractivity contribution in [1.82, 2.24) is 4.98 Å². The van der Waals surface area contributed by atoms with E-state index in [-0.39, 0.29) is 5.92 Å². The lowest BCUT2D eigenvalue weighted by Gasteiger charge is -2.13. The van der Waals surface area contributed by atoms with Crippen LogP contribution in [-0.2, 0) is 6.42 Å². The van der Waals surface area contributed by atoms with E-state index < -0.39 is 0 Å². The van der Waals surface area contributed by atoms with Gasteiger partial charge in [-0.1, -0.05) is 35.9 Å². The maximum absolute atomic E-state index is 5.93. The molecular weight excluding hydrogens is 288 g/mol. The van der Waals surface area contributed by atoms with Crippen LogP contribution in [0.4, 0.5) is 0 Å². The minimum atomic E-state index is 0.285. The molecule has 2 nitrogen and oxygen atoms in total. The van der Waals surface area contributed by atoms with Crippen LogP contribution in [0.25, 0.3) is 10.2 Å². The van der Waals surface area contributed by atoms with Crippen molar-refractivity contribution in [2.24, 2.45) is 5.73 Å². The summed E-state index contributed by atoms with van der Waals surface area (Å²) in [7, 11) is 0. The monoisotopic (exact) mass is 302 g/mol. The van der Waals surface area contributed by atoms with Crippen LogP contribution < -0.4 is 5.73 Å². The van der Waals surface area contributed by atoms with Crippen LogP contribution in [0.5, 0.6) is 0 Å². The number of hydrogen-bond acceptors (Lipinski definition) is 3. The van der Waals surface area contributed by atoms with Gasteiger partial charge in [-0.2, -0.15) is 0 Å². The largest absolute Gasteiger partial charge is 0.330 e. The van der Waals surface area contributed by atoms with Crippen LogP contribution in [0.1, 0.15) is 16.5 Å². The van der Waals surface area contributed by atoms with Crippen molar-refractivity contribution in [1.29, 1.82) is 0 Å². The van der Waals surface area contributed by atoms with Gasteiger partial charge in [0, 0.05) is 17.4 Å². The molecule has 1 aromatic heterocycles. The minimum absolute atomic E-state index is 0.285. The van der Waals surface area contributed by atoms with Crippen LogP contribution >= 0.6 is 22.9 Å². The average Bonchev–Trinajstić information content (AvgIpc) is 2.88. The molecule has 0 aliphatic heterocycles. The predicted molar refractivity (Wildman–Crippen MR) is 86.6 cm³/mol. The van der Waals surface area contributed by atoms with E-state index >= 15 is 0 Å². The molecule has 0 bridgehead atoms. The van der Waals surface area contributed by atoms with Gasteiger partial charge in [0.1, 0.15) is 0 Å². The Morgan fingerprint density at radius 2 is 1.85 bits per heavy atom. The average molecular weight is 303 g/mol. The Balaban J connectivity index is 1.85. The molecule has 20 heavy (non-hydrogen) atoms. The van der Waals surface area contributed by atoms with Crippen LogP contribution in [0.3, 0.4) is 0 Å². The lowest BCUT2D eigenvalue weighted by molar-refractivity contribution is 0.692. The highest BCUT2D eigenvalue weighted by molar-refractivity contribution is 7.18. The fourth-order valence-electron chi connectivity index (χ4n) is 2.29. The van der Waals surface area contributed by atoms with E-state index in [0.29, 0.717) is 6.54 Å². The maximum atomic E-state index is 5.93. The fourth-order valence-corrected chi connectivity index (χ4v) is 3.46. The van der Waals surface area contributed by atoms with E-state index in [1.54, 1.807) is 11.3 Å². The normalized spacial score (nSPS) is 12.7. The first-order valence-electron chi connectivity index (χ1n) is 6.56. The van der Waals surface area contributed by atoms with Gasteiger partial charge in [-0.15, -0.1) is 11.3 Å². The molecule has 3 aromatic rings. The zero-order valence-electron chi connectivity index (χ0n) is 10.9. The molecule has 1 heterocycles. The van der Waals surface area contributed by atoms with E-state index in [0.717, 1.165) is 22.0 Å². The molecule has 2 N–H and O–H groups in total. The molecule has 0 saturated heterocycles. The van der Waals surface area contributed by atoms with Crippen LogP contribution in [0, 0.1) is 0 Å². The zero-order valence-corrected chi connectivity index (χ0v) is 12.5. The molecule has 0 radical (unpaired) electrons. The first kappa shape index (κ1) is 13.6. The van der Waals surface area contributed by atoms with Crippen molar-refractivity contribution in [3.8, 4) is 0 Å². The molecule has 1 atom stereocenters. The Kier molecular flexibility index (Phi) is 4.01. The summed E-state index contributed by atoms with van der Waals surface area (Å²) in [4.78, 5) is 4.68. The topological polar surface area (TPSA) is 38.9 Å². The molecular formula is C16H15ClN2S. The third-order valence-corrected chi connectivity index (χ3v) is 4.70. The Labute approximate surface area is 127 Å². The molecule has 1 unspecified atom stereocenters. The van der Waals surface area contributed by atoms with Gasteiger partial charge in [0.05, 0.1) is 15.2 Å². The summed E-state index contributed by atoms with van der Waals surface area (Å²) >= 11 is 7.68. The lowest BCUT2D eigenvalue weighted by atomic mass is 9.96. The van der Waals surface area contributed by atoms with E-state index in [1.807, 2.05) is 36.4 Å². The second-order valence-electron chi connectivity index (χ2n) is 4.76. The Bertz CT molecular complexity index is 673. The van der Waals surface area contributed by atoms with E-state index in [1.165, 1.54) is 10.3 Å². The molecule has 0 aliphatic rings. The van der Waals surface area contributed by atoms with Crippen molar-refractivity contribution >= 4 is 33.2 Å². The number of fused-ring (bicyclic) bond motifs is 1. The summed E-state index contributed by atoms with van der Waals surface area (Å²) in [5, 5.41) is 1.89. The molecule has 4 heteroatoms. The molecule has 102 valence electrons. The number of halogens is 1. The van der Waals surface area contributed by atoms with Crippen molar-refractivity contribution in [2.45, 2.75) is 12.3 Å². The number of hydrogen-bond donors (Lipinski definition) is 1. The van der Waals surface area contributed by atoms with Gasteiger partial charge in [0.15, 0.2) is 0 Å². The first-order chi connectivity index (χ1) is 9.76. The lowest BCUT2D eigenvalue weighted by Crippen LogP contribution is -2.14. The molecule has 0 amide bonds. The van der Waals surface area contributed by atoms with E-state index in [4.69, 9.17) is 17.3 Å². The molecule has 3 rings (SSSR count). The maximum Gasteiger partial charge on any atom is 0.0945 e.